The highest BCUT2D eigenvalue weighted by atomic mass is 16.7. The monoisotopic (exact) mass is 1050 g/mol. The summed E-state index contributed by atoms with van der Waals surface area (Å²) in [7, 11) is 0. The van der Waals surface area contributed by atoms with Gasteiger partial charge in [0.25, 0.3) is 0 Å². The van der Waals surface area contributed by atoms with Gasteiger partial charge in [0.2, 0.25) is 5.91 Å². The predicted molar refractivity (Wildman–Crippen MR) is 317 cm³/mol. The van der Waals surface area contributed by atoms with E-state index in [9.17, 15) is 30.3 Å². The van der Waals surface area contributed by atoms with Crippen LogP contribution in [0.5, 0.6) is 0 Å². The van der Waals surface area contributed by atoms with Gasteiger partial charge in [0.05, 0.1) is 25.4 Å². The van der Waals surface area contributed by atoms with Crippen LogP contribution in [0.15, 0.2) is 109 Å². The van der Waals surface area contributed by atoms with E-state index in [4.69, 9.17) is 9.47 Å². The lowest BCUT2D eigenvalue weighted by Crippen LogP contribution is -2.60. The molecule has 7 unspecified atom stereocenters. The van der Waals surface area contributed by atoms with Gasteiger partial charge in [-0.15, -0.1) is 0 Å². The summed E-state index contributed by atoms with van der Waals surface area (Å²) in [6.45, 7) is 3.62. The van der Waals surface area contributed by atoms with Crippen molar-refractivity contribution in [2.75, 3.05) is 13.2 Å². The molecule has 1 aliphatic rings. The fraction of sp³-hybridized carbons (Fsp3) is 0.712. The van der Waals surface area contributed by atoms with Gasteiger partial charge in [-0.3, -0.25) is 4.79 Å². The number of carbonyl (C=O) groups is 1. The smallest absolute Gasteiger partial charge is 0.220 e. The maximum atomic E-state index is 13.0. The molecule has 0 saturated carbocycles. The molecule has 0 radical (unpaired) electrons. The van der Waals surface area contributed by atoms with Crippen LogP contribution in [0.25, 0.3) is 0 Å². The zero-order valence-electron chi connectivity index (χ0n) is 47.8. The number of aliphatic hydroxyl groups excluding tert-OH is 5. The zero-order chi connectivity index (χ0) is 54.3. The van der Waals surface area contributed by atoms with Crippen molar-refractivity contribution in [3.05, 3.63) is 109 Å². The summed E-state index contributed by atoms with van der Waals surface area (Å²) >= 11 is 0. The minimum atomic E-state index is -1.59. The Hall–Kier alpha value is -3.15. The van der Waals surface area contributed by atoms with Crippen molar-refractivity contribution in [1.29, 1.82) is 0 Å². The topological polar surface area (TPSA) is 149 Å². The largest absolute Gasteiger partial charge is 0.394 e. The first kappa shape index (κ1) is 69.9. The van der Waals surface area contributed by atoms with E-state index in [-0.39, 0.29) is 18.9 Å². The van der Waals surface area contributed by atoms with Crippen LogP contribution in [0.2, 0.25) is 0 Å². The van der Waals surface area contributed by atoms with Crippen LogP contribution in [0.4, 0.5) is 0 Å². The Kier molecular flexibility index (Phi) is 50.5. The van der Waals surface area contributed by atoms with Crippen LogP contribution < -0.4 is 5.32 Å². The molecule has 7 atom stereocenters. The molecule has 9 nitrogen and oxygen atoms in total. The molecule has 0 spiro atoms. The molecular weight excluding hydrogens is 935 g/mol. The highest BCUT2D eigenvalue weighted by Gasteiger charge is 2.44. The quantitative estimate of drug-likeness (QED) is 0.0261. The van der Waals surface area contributed by atoms with Crippen LogP contribution in [0, 0.1) is 0 Å². The van der Waals surface area contributed by atoms with E-state index in [0.29, 0.717) is 12.8 Å². The van der Waals surface area contributed by atoms with Crippen LogP contribution in [-0.4, -0.2) is 87.5 Å². The second-order valence-corrected chi connectivity index (χ2v) is 20.7. The molecular formula is C66H113NO8. The van der Waals surface area contributed by atoms with Crippen molar-refractivity contribution < 1.29 is 39.8 Å². The number of hydrogen-bond donors (Lipinski definition) is 6. The highest BCUT2D eigenvalue weighted by Crippen LogP contribution is 2.23. The first-order chi connectivity index (χ1) is 36.8. The number of carbonyl (C=O) groups excluding carboxylic acids is 1. The molecule has 0 aromatic carbocycles. The molecule has 430 valence electrons. The molecule has 1 fully saturated rings. The minimum absolute atomic E-state index is 0.231. The molecule has 0 bridgehead atoms. The van der Waals surface area contributed by atoms with Crippen molar-refractivity contribution in [2.45, 2.75) is 288 Å². The average molecular weight is 1050 g/mol. The summed E-state index contributed by atoms with van der Waals surface area (Å²) in [5.74, 6) is -0.236. The summed E-state index contributed by atoms with van der Waals surface area (Å²) in [5, 5.41) is 54.5. The van der Waals surface area contributed by atoms with Gasteiger partial charge >= 0.3 is 0 Å². The van der Waals surface area contributed by atoms with Gasteiger partial charge < -0.3 is 40.3 Å². The van der Waals surface area contributed by atoms with Crippen LogP contribution in [-0.2, 0) is 14.3 Å². The molecule has 0 aromatic heterocycles. The van der Waals surface area contributed by atoms with Gasteiger partial charge in [0.1, 0.15) is 24.4 Å². The number of ether oxygens (including phenoxy) is 2. The van der Waals surface area contributed by atoms with Crippen LogP contribution in [0.3, 0.4) is 0 Å². The molecule has 0 aliphatic carbocycles. The molecule has 1 aliphatic heterocycles. The summed E-state index contributed by atoms with van der Waals surface area (Å²) < 4.78 is 11.2. The summed E-state index contributed by atoms with van der Waals surface area (Å²) in [6, 6.07) is -0.861. The third-order valence-corrected chi connectivity index (χ3v) is 13.8. The van der Waals surface area contributed by atoms with Gasteiger partial charge in [-0.1, -0.05) is 252 Å². The van der Waals surface area contributed by atoms with E-state index >= 15 is 0 Å². The lowest BCUT2D eigenvalue weighted by atomic mass is 9.99. The maximum Gasteiger partial charge on any atom is 0.220 e. The number of nitrogens with one attached hydrogen (secondary N) is 1. The molecule has 0 aromatic rings. The highest BCUT2D eigenvalue weighted by molar-refractivity contribution is 5.76. The standard InChI is InChI=1S/C66H113NO8/c1-3-5-7-9-11-13-15-17-19-21-23-25-26-27-28-29-30-31-32-33-34-36-37-39-41-43-45-47-49-51-53-55-60(69)59(58-74-66-65(73)64(72)63(71)61(57-68)75-66)67-62(70)56-54-52-50-48-46-44-42-40-38-35-24-22-20-18-16-14-12-10-8-6-4-2/h6,8,12,14,18,20,24,35,37,39-40,42,45-48,53,55,59-61,63-66,68-69,71-73H,3-5,7,9-11,13,15-17,19,21-23,25-34,36,38,41,43-44,49-52,54,56-58H2,1-2H3,(H,67,70)/b8-6-,14-12-,20-18-,35-24-,39-37+,42-40-,47-45+,48-46-,55-53+. The second-order valence-electron chi connectivity index (χ2n) is 20.7. The van der Waals surface area contributed by atoms with Gasteiger partial charge in [0, 0.05) is 6.42 Å². The molecule has 6 N–H and O–H groups in total. The fourth-order valence-electron chi connectivity index (χ4n) is 9.02. The molecule has 1 rings (SSSR count). The van der Waals surface area contributed by atoms with E-state index in [1.165, 1.54) is 135 Å². The minimum Gasteiger partial charge on any atom is -0.394 e. The Labute approximate surface area is 459 Å². The summed E-state index contributed by atoms with van der Waals surface area (Å²) in [6.07, 6.45) is 73.2. The normalized spacial score (nSPS) is 19.7. The lowest BCUT2D eigenvalue weighted by molar-refractivity contribution is -0.302. The Bertz CT molecular complexity index is 1540. The Balaban J connectivity index is 2.26. The fourth-order valence-corrected chi connectivity index (χ4v) is 9.02. The van der Waals surface area contributed by atoms with E-state index < -0.39 is 49.5 Å². The molecule has 1 saturated heterocycles. The summed E-state index contributed by atoms with van der Waals surface area (Å²) in [5.41, 5.74) is 0. The zero-order valence-corrected chi connectivity index (χ0v) is 47.8. The van der Waals surface area contributed by atoms with E-state index in [2.05, 4.69) is 116 Å². The van der Waals surface area contributed by atoms with Crippen molar-refractivity contribution in [1.82, 2.24) is 5.32 Å². The first-order valence-corrected chi connectivity index (χ1v) is 30.6. The van der Waals surface area contributed by atoms with Gasteiger partial charge in [-0.2, -0.15) is 0 Å². The number of allylic oxidation sites excluding steroid dienone is 17. The van der Waals surface area contributed by atoms with Crippen molar-refractivity contribution in [2.24, 2.45) is 0 Å². The number of hydrogen-bond acceptors (Lipinski definition) is 8. The Morgan fingerprint density at radius 3 is 1.28 bits per heavy atom. The number of unbranched alkanes of at least 4 members (excludes halogenated alkanes) is 25. The van der Waals surface area contributed by atoms with Gasteiger partial charge in [-0.25, -0.2) is 0 Å². The van der Waals surface area contributed by atoms with E-state index in [0.717, 1.165) is 77.0 Å². The molecule has 75 heavy (non-hydrogen) atoms. The number of amides is 1. The van der Waals surface area contributed by atoms with Gasteiger partial charge in [-0.05, 0) is 96.3 Å². The van der Waals surface area contributed by atoms with Crippen molar-refractivity contribution in [3.63, 3.8) is 0 Å². The summed E-state index contributed by atoms with van der Waals surface area (Å²) in [4.78, 5) is 13.0. The van der Waals surface area contributed by atoms with Crippen molar-refractivity contribution >= 4 is 5.91 Å². The lowest BCUT2D eigenvalue weighted by Gasteiger charge is -2.40. The van der Waals surface area contributed by atoms with Gasteiger partial charge in [0.15, 0.2) is 6.29 Å². The number of aliphatic hydroxyl groups is 5. The predicted octanol–water partition coefficient (Wildman–Crippen LogP) is 15.7. The van der Waals surface area contributed by atoms with E-state index in [1.807, 2.05) is 6.08 Å². The Morgan fingerprint density at radius 1 is 0.467 bits per heavy atom. The average Bonchev–Trinajstić information content (AvgIpc) is 3.41. The number of rotatable bonds is 51. The SMILES string of the molecule is CC/C=C\C/C=C\C/C=C\C/C=C\C/C=C\C/C=C\CCCCC(=O)NC(COC1OC(CO)C(O)C(O)C1O)C(O)/C=C/CC/C=C/CC/C=C/CCCCCCCCCCCCCCCCCCCCCCC. The molecule has 1 amide bonds. The third-order valence-electron chi connectivity index (χ3n) is 13.8. The van der Waals surface area contributed by atoms with Crippen LogP contribution >= 0.6 is 0 Å². The molecule has 1 heterocycles. The second kappa shape index (κ2) is 54.2. The Morgan fingerprint density at radius 2 is 0.840 bits per heavy atom. The third kappa shape index (κ3) is 43.5. The van der Waals surface area contributed by atoms with Crippen molar-refractivity contribution in [3.8, 4) is 0 Å². The van der Waals surface area contributed by atoms with E-state index in [1.54, 1.807) is 6.08 Å². The first-order valence-electron chi connectivity index (χ1n) is 30.6. The molecule has 9 heteroatoms. The van der Waals surface area contributed by atoms with Crippen LogP contribution in [0.1, 0.15) is 245 Å². The maximum absolute atomic E-state index is 13.0.